The molecule has 0 spiro atoms. The minimum absolute atomic E-state index is 0. The Balaban J connectivity index is 0.00000306. The molecule has 1 aliphatic rings. The number of aromatic nitrogens is 3. The van der Waals surface area contributed by atoms with Gasteiger partial charge < -0.3 is 9.73 Å². The summed E-state index contributed by atoms with van der Waals surface area (Å²) in [4.78, 5) is 3.98. The highest BCUT2D eigenvalue weighted by Gasteiger charge is 2.32. The van der Waals surface area contributed by atoms with Crippen LogP contribution in [0.3, 0.4) is 0 Å². The molecule has 1 aromatic carbocycles. The third-order valence-electron chi connectivity index (χ3n) is 4.86. The van der Waals surface area contributed by atoms with Crippen molar-refractivity contribution in [1.82, 2.24) is 24.8 Å². The van der Waals surface area contributed by atoms with Crippen LogP contribution in [0, 0.1) is 5.82 Å². The Morgan fingerprint density at radius 3 is 2.55 bits per heavy atom. The van der Waals surface area contributed by atoms with Crippen LogP contribution in [0.15, 0.2) is 47.1 Å². The Bertz CT molecular complexity index is 1170. The molecule has 0 aliphatic carbocycles. The van der Waals surface area contributed by atoms with E-state index in [9.17, 15) is 21.6 Å². The van der Waals surface area contributed by atoms with E-state index in [1.54, 1.807) is 12.1 Å². The van der Waals surface area contributed by atoms with Crippen molar-refractivity contribution in [3.63, 3.8) is 0 Å². The largest absolute Gasteiger partial charge is 0.415 e. The summed E-state index contributed by atoms with van der Waals surface area (Å²) in [5.41, 5.74) is 0.460. The first-order valence-corrected chi connectivity index (χ1v) is 11.0. The van der Waals surface area contributed by atoms with E-state index in [2.05, 4.69) is 20.5 Å². The van der Waals surface area contributed by atoms with E-state index < -0.39 is 28.3 Å². The molecule has 0 saturated carbocycles. The SMILES string of the molecule is C.O=S(=O)(N1CCNCC1)N(Cc1ccc(-c2nnc(C(F)F)o2)cc1F)c1cccnc1. The van der Waals surface area contributed by atoms with E-state index in [4.69, 9.17) is 4.42 Å². The minimum atomic E-state index is -3.96. The Morgan fingerprint density at radius 1 is 1.18 bits per heavy atom. The smallest absolute Gasteiger partial charge is 0.314 e. The van der Waals surface area contributed by atoms with Crippen molar-refractivity contribution in [3.8, 4) is 11.5 Å². The van der Waals surface area contributed by atoms with E-state index in [1.807, 2.05) is 0 Å². The molecule has 0 amide bonds. The molecule has 3 aromatic rings. The van der Waals surface area contributed by atoms with E-state index in [1.165, 1.54) is 28.8 Å². The molecular weight excluding hydrogens is 461 g/mol. The van der Waals surface area contributed by atoms with Crippen LogP contribution in [0.5, 0.6) is 0 Å². The highest BCUT2D eigenvalue weighted by Crippen LogP contribution is 2.27. The van der Waals surface area contributed by atoms with Crippen LogP contribution >= 0.6 is 0 Å². The number of rotatable bonds is 7. The van der Waals surface area contributed by atoms with E-state index in [-0.39, 0.29) is 49.8 Å². The zero-order valence-corrected chi connectivity index (χ0v) is 17.5. The van der Waals surface area contributed by atoms with Gasteiger partial charge in [-0.05, 0) is 24.3 Å². The van der Waals surface area contributed by atoms with Gasteiger partial charge in [-0.3, -0.25) is 9.29 Å². The molecule has 0 radical (unpaired) electrons. The highest BCUT2D eigenvalue weighted by molar-refractivity contribution is 7.90. The molecule has 3 heterocycles. The second-order valence-corrected chi connectivity index (χ2v) is 8.78. The molecule has 1 N–H and O–H groups in total. The molecule has 178 valence electrons. The maximum atomic E-state index is 14.9. The molecule has 0 bridgehead atoms. The number of anilines is 1. The van der Waals surface area contributed by atoms with Crippen molar-refractivity contribution in [2.45, 2.75) is 20.4 Å². The number of pyridine rings is 1. The summed E-state index contributed by atoms with van der Waals surface area (Å²) in [5.74, 6) is -1.87. The van der Waals surface area contributed by atoms with Gasteiger partial charge in [-0.15, -0.1) is 10.2 Å². The Kier molecular flexibility index (Phi) is 7.66. The maximum absolute atomic E-state index is 14.9. The van der Waals surface area contributed by atoms with Gasteiger partial charge in [0.1, 0.15) is 5.82 Å². The van der Waals surface area contributed by atoms with Gasteiger partial charge in [0.15, 0.2) is 0 Å². The lowest BCUT2D eigenvalue weighted by molar-refractivity contribution is 0.116. The van der Waals surface area contributed by atoms with E-state index in [0.717, 1.165) is 10.4 Å². The first kappa shape index (κ1) is 24.6. The summed E-state index contributed by atoms with van der Waals surface area (Å²) in [6.07, 6.45) is -0.0494. The molecule has 1 fully saturated rings. The van der Waals surface area contributed by atoms with Crippen LogP contribution in [-0.4, -0.2) is 54.1 Å². The predicted octanol–water partition coefficient (Wildman–Crippen LogP) is 3.00. The Hall–Kier alpha value is -3.03. The molecule has 1 saturated heterocycles. The third-order valence-corrected chi connectivity index (χ3v) is 6.77. The number of benzene rings is 1. The summed E-state index contributed by atoms with van der Waals surface area (Å²) in [6, 6.07) is 6.96. The van der Waals surface area contributed by atoms with Crippen LogP contribution < -0.4 is 9.62 Å². The third kappa shape index (κ3) is 5.31. The number of hydrogen-bond donors (Lipinski definition) is 1. The van der Waals surface area contributed by atoms with Gasteiger partial charge in [-0.1, -0.05) is 13.5 Å². The Labute approximate surface area is 189 Å². The average Bonchev–Trinajstić information content (AvgIpc) is 3.30. The normalized spacial score (nSPS) is 14.8. The lowest BCUT2D eigenvalue weighted by Gasteiger charge is -2.33. The predicted molar refractivity (Wildman–Crippen MR) is 115 cm³/mol. The average molecular weight is 485 g/mol. The van der Waals surface area contributed by atoms with Gasteiger partial charge in [-0.2, -0.15) is 21.5 Å². The molecule has 13 heteroatoms. The van der Waals surface area contributed by atoms with Gasteiger partial charge in [0, 0.05) is 43.5 Å². The number of nitrogens with zero attached hydrogens (tertiary/aromatic N) is 5. The maximum Gasteiger partial charge on any atom is 0.314 e. The molecule has 1 aliphatic heterocycles. The topological polar surface area (TPSA) is 104 Å². The standard InChI is InChI=1S/C19H19F3N6O3S.CH4/c20-16-10-13(18-25-26-19(31-18)17(21)22)3-4-14(16)12-28(15-2-1-5-24-11-15)32(29,30)27-8-6-23-7-9-27;/h1-5,10-11,17,23H,6-9,12H2;1H4. The number of nitrogens with one attached hydrogen (secondary N) is 1. The summed E-state index contributed by atoms with van der Waals surface area (Å²) in [6.45, 7) is 1.28. The van der Waals surface area contributed by atoms with Crippen LogP contribution in [0.1, 0.15) is 25.3 Å². The van der Waals surface area contributed by atoms with Crippen molar-refractivity contribution in [1.29, 1.82) is 0 Å². The van der Waals surface area contributed by atoms with Gasteiger partial charge >= 0.3 is 16.6 Å². The first-order chi connectivity index (χ1) is 15.4. The monoisotopic (exact) mass is 484 g/mol. The number of alkyl halides is 2. The molecule has 33 heavy (non-hydrogen) atoms. The summed E-state index contributed by atoms with van der Waals surface area (Å²) < 4.78 is 74.1. The molecule has 0 unspecified atom stereocenters. The first-order valence-electron chi connectivity index (χ1n) is 9.65. The quantitative estimate of drug-likeness (QED) is 0.550. The number of halogens is 3. The molecule has 9 nitrogen and oxygen atoms in total. The zero-order valence-electron chi connectivity index (χ0n) is 16.7. The Morgan fingerprint density at radius 2 is 1.94 bits per heavy atom. The van der Waals surface area contributed by atoms with Crippen LogP contribution in [0.2, 0.25) is 0 Å². The van der Waals surface area contributed by atoms with Crippen LogP contribution in [-0.2, 0) is 16.8 Å². The van der Waals surface area contributed by atoms with Crippen molar-refractivity contribution < 1.29 is 26.0 Å². The van der Waals surface area contributed by atoms with Crippen molar-refractivity contribution >= 4 is 15.9 Å². The van der Waals surface area contributed by atoms with Gasteiger partial charge in [-0.25, -0.2) is 4.39 Å². The summed E-state index contributed by atoms with van der Waals surface area (Å²) >= 11 is 0. The number of piperazine rings is 1. The fraction of sp³-hybridized carbons (Fsp3) is 0.350. The van der Waals surface area contributed by atoms with Crippen LogP contribution in [0.25, 0.3) is 11.5 Å². The second-order valence-electron chi connectivity index (χ2n) is 6.93. The van der Waals surface area contributed by atoms with E-state index in [0.29, 0.717) is 13.1 Å². The van der Waals surface area contributed by atoms with Gasteiger partial charge in [0.05, 0.1) is 18.4 Å². The molecule has 4 rings (SSSR count). The molecular formula is C20H23F3N6O3S. The van der Waals surface area contributed by atoms with E-state index >= 15 is 0 Å². The molecule has 0 atom stereocenters. The fourth-order valence-electron chi connectivity index (χ4n) is 3.22. The zero-order chi connectivity index (χ0) is 22.7. The summed E-state index contributed by atoms with van der Waals surface area (Å²) in [7, 11) is -3.96. The fourth-order valence-corrected chi connectivity index (χ4v) is 4.82. The van der Waals surface area contributed by atoms with Crippen molar-refractivity contribution in [3.05, 3.63) is 60.0 Å². The second kappa shape index (κ2) is 10.3. The van der Waals surface area contributed by atoms with Crippen molar-refractivity contribution in [2.24, 2.45) is 0 Å². The lowest BCUT2D eigenvalue weighted by Crippen LogP contribution is -2.51. The minimum Gasteiger partial charge on any atom is -0.415 e. The van der Waals surface area contributed by atoms with Gasteiger partial charge in [0.25, 0.3) is 5.89 Å². The lowest BCUT2D eigenvalue weighted by atomic mass is 10.1. The molecule has 2 aromatic heterocycles. The number of hydrogen-bond acceptors (Lipinski definition) is 7. The van der Waals surface area contributed by atoms with Crippen molar-refractivity contribution in [2.75, 3.05) is 30.5 Å². The van der Waals surface area contributed by atoms with Crippen LogP contribution in [0.4, 0.5) is 18.9 Å². The highest BCUT2D eigenvalue weighted by atomic mass is 32.2. The summed E-state index contributed by atoms with van der Waals surface area (Å²) in [5, 5.41) is 9.81. The van der Waals surface area contributed by atoms with Gasteiger partial charge in [0.2, 0.25) is 5.89 Å².